The highest BCUT2D eigenvalue weighted by Gasteiger charge is 2.14. The molecule has 0 aliphatic rings. The van der Waals surface area contributed by atoms with E-state index in [4.69, 9.17) is 4.74 Å². The Hall–Kier alpha value is -3.39. The van der Waals surface area contributed by atoms with Crippen LogP contribution in [0.2, 0.25) is 0 Å². The molecule has 3 aromatic rings. The van der Waals surface area contributed by atoms with Crippen molar-refractivity contribution in [2.45, 2.75) is 25.5 Å². The average molecular weight is 436 g/mol. The van der Waals surface area contributed by atoms with Crippen molar-refractivity contribution in [2.24, 2.45) is 5.10 Å². The van der Waals surface area contributed by atoms with Crippen LogP contribution in [0.4, 0.5) is 0 Å². The molecule has 7 nitrogen and oxygen atoms in total. The van der Waals surface area contributed by atoms with Crippen LogP contribution in [0.3, 0.4) is 0 Å². The first-order valence-corrected chi connectivity index (χ1v) is 10.8. The minimum absolute atomic E-state index is 0.194. The number of hydrazone groups is 1. The van der Waals surface area contributed by atoms with E-state index in [1.807, 2.05) is 79.1 Å². The quantitative estimate of drug-likeness (QED) is 0.308. The molecule has 0 aliphatic heterocycles. The molecule has 0 saturated heterocycles. The topological polar surface area (TPSA) is 81.4 Å². The summed E-state index contributed by atoms with van der Waals surface area (Å²) in [6.45, 7) is 4.65. The second-order valence-corrected chi connectivity index (χ2v) is 7.60. The zero-order valence-electron chi connectivity index (χ0n) is 17.8. The number of hydrogen-bond donors (Lipinski definition) is 1. The lowest BCUT2D eigenvalue weighted by Crippen LogP contribution is -2.20. The predicted molar refractivity (Wildman–Crippen MR) is 125 cm³/mol. The summed E-state index contributed by atoms with van der Waals surface area (Å²) in [6.07, 6.45) is 3.63. The van der Waals surface area contributed by atoms with Gasteiger partial charge in [-0.2, -0.15) is 5.10 Å². The summed E-state index contributed by atoms with van der Waals surface area (Å²) in [5.74, 6) is 1.53. The molecule has 0 saturated carbocycles. The van der Waals surface area contributed by atoms with Gasteiger partial charge >= 0.3 is 0 Å². The Balaban J connectivity index is 1.56. The lowest BCUT2D eigenvalue weighted by Gasteiger charge is -2.07. The Bertz CT molecular complexity index is 1060. The molecule has 0 atom stereocenters. The molecule has 0 aliphatic carbocycles. The van der Waals surface area contributed by atoms with Crippen LogP contribution >= 0.6 is 11.8 Å². The molecule has 0 unspecified atom stereocenters. The number of methoxy groups -OCH3 is 1. The first-order valence-electron chi connectivity index (χ1n) is 9.86. The number of allylic oxidation sites excluding steroid dienone is 1. The number of carbonyl (C=O) groups excluding carboxylic acids is 1. The van der Waals surface area contributed by atoms with Crippen LogP contribution in [0.5, 0.6) is 5.75 Å². The van der Waals surface area contributed by atoms with E-state index < -0.39 is 0 Å². The number of benzene rings is 2. The van der Waals surface area contributed by atoms with Gasteiger partial charge in [-0.25, -0.2) is 5.43 Å². The molecule has 0 spiro atoms. The van der Waals surface area contributed by atoms with Gasteiger partial charge in [0.05, 0.1) is 19.1 Å². The first kappa shape index (κ1) is 22.3. The van der Waals surface area contributed by atoms with Crippen molar-refractivity contribution >= 4 is 30.0 Å². The van der Waals surface area contributed by atoms with Gasteiger partial charge in [0.25, 0.3) is 5.91 Å². The van der Waals surface area contributed by atoms with Crippen molar-refractivity contribution in [3.05, 3.63) is 65.7 Å². The maximum absolute atomic E-state index is 12.2. The van der Waals surface area contributed by atoms with Crippen LogP contribution in [0.25, 0.3) is 17.5 Å². The molecular formula is C23H25N5O2S. The summed E-state index contributed by atoms with van der Waals surface area (Å²) < 4.78 is 7.18. The molecule has 2 aromatic carbocycles. The molecule has 1 N–H and O–H groups in total. The molecule has 0 fully saturated rings. The fourth-order valence-electron chi connectivity index (χ4n) is 2.85. The summed E-state index contributed by atoms with van der Waals surface area (Å²) in [5.41, 5.74) is 5.52. The smallest absolute Gasteiger partial charge is 0.250 e. The van der Waals surface area contributed by atoms with E-state index in [9.17, 15) is 4.79 Å². The lowest BCUT2D eigenvalue weighted by molar-refractivity contribution is -0.118. The van der Waals surface area contributed by atoms with Gasteiger partial charge < -0.3 is 9.30 Å². The minimum atomic E-state index is -0.203. The second-order valence-electron chi connectivity index (χ2n) is 6.66. The summed E-state index contributed by atoms with van der Waals surface area (Å²) >= 11 is 1.33. The number of nitrogens with one attached hydrogen (secondary N) is 1. The molecule has 0 bridgehead atoms. The summed E-state index contributed by atoms with van der Waals surface area (Å²) in [4.78, 5) is 12.2. The number of thioether (sulfide) groups is 1. The molecule has 1 heterocycles. The van der Waals surface area contributed by atoms with Gasteiger partial charge in [-0.3, -0.25) is 4.79 Å². The van der Waals surface area contributed by atoms with Crippen molar-refractivity contribution in [3.8, 4) is 17.1 Å². The van der Waals surface area contributed by atoms with Crippen molar-refractivity contribution in [2.75, 3.05) is 12.9 Å². The SMILES string of the molecule is CCn1c(SCC(=O)N/N=C\C(C)=C\c2ccccc2)nnc1-c1ccc(OC)cc1. The third-order valence-corrected chi connectivity index (χ3v) is 5.33. The molecule has 1 amide bonds. The van der Waals surface area contributed by atoms with Crippen LogP contribution < -0.4 is 10.2 Å². The number of ether oxygens (including phenoxy) is 1. The summed E-state index contributed by atoms with van der Waals surface area (Å²) in [5, 5.41) is 13.3. The van der Waals surface area contributed by atoms with E-state index in [-0.39, 0.29) is 11.7 Å². The predicted octanol–water partition coefficient (Wildman–Crippen LogP) is 4.27. The Morgan fingerprint density at radius 3 is 2.58 bits per heavy atom. The highest BCUT2D eigenvalue weighted by atomic mass is 32.2. The van der Waals surface area contributed by atoms with Gasteiger partial charge in [-0.1, -0.05) is 48.2 Å². The van der Waals surface area contributed by atoms with Gasteiger partial charge in [0.15, 0.2) is 11.0 Å². The molecule has 8 heteroatoms. The van der Waals surface area contributed by atoms with Crippen LogP contribution in [0, 0.1) is 0 Å². The molecule has 0 radical (unpaired) electrons. The number of nitrogens with zero attached hydrogens (tertiary/aromatic N) is 4. The Morgan fingerprint density at radius 2 is 1.90 bits per heavy atom. The van der Waals surface area contributed by atoms with Crippen LogP contribution in [-0.4, -0.2) is 39.7 Å². The van der Waals surface area contributed by atoms with Crippen LogP contribution in [0.1, 0.15) is 19.4 Å². The standard InChI is InChI=1S/C23H25N5O2S/c1-4-28-22(19-10-12-20(30-3)13-11-19)26-27-23(28)31-16-21(29)25-24-15-17(2)14-18-8-6-5-7-9-18/h5-15H,4,16H2,1-3H3,(H,25,29)/b17-14+,24-15-. The van der Waals surface area contributed by atoms with Crippen LogP contribution in [-0.2, 0) is 11.3 Å². The normalized spacial score (nSPS) is 11.6. The molecule has 160 valence electrons. The second kappa shape index (κ2) is 11.1. The van der Waals surface area contributed by atoms with Crippen molar-refractivity contribution < 1.29 is 9.53 Å². The fraction of sp³-hybridized carbons (Fsp3) is 0.217. The number of amides is 1. The van der Waals surface area contributed by atoms with E-state index >= 15 is 0 Å². The van der Waals surface area contributed by atoms with Gasteiger partial charge in [-0.05, 0) is 49.2 Å². The van der Waals surface area contributed by atoms with E-state index in [1.54, 1.807) is 13.3 Å². The van der Waals surface area contributed by atoms with E-state index in [1.165, 1.54) is 11.8 Å². The van der Waals surface area contributed by atoms with Crippen molar-refractivity contribution in [3.63, 3.8) is 0 Å². The molecule has 31 heavy (non-hydrogen) atoms. The Labute approximate surface area is 186 Å². The van der Waals surface area contributed by atoms with E-state index in [2.05, 4.69) is 20.7 Å². The monoisotopic (exact) mass is 435 g/mol. The zero-order chi connectivity index (χ0) is 22.1. The third-order valence-electron chi connectivity index (χ3n) is 4.36. The zero-order valence-corrected chi connectivity index (χ0v) is 18.6. The summed E-state index contributed by atoms with van der Waals surface area (Å²) in [7, 11) is 1.63. The maximum Gasteiger partial charge on any atom is 0.250 e. The highest BCUT2D eigenvalue weighted by molar-refractivity contribution is 7.99. The lowest BCUT2D eigenvalue weighted by atomic mass is 10.1. The summed E-state index contributed by atoms with van der Waals surface area (Å²) in [6, 6.07) is 17.6. The highest BCUT2D eigenvalue weighted by Crippen LogP contribution is 2.25. The number of rotatable bonds is 9. The van der Waals surface area contributed by atoms with Crippen molar-refractivity contribution in [1.82, 2.24) is 20.2 Å². The molecule has 3 rings (SSSR count). The molecular weight excluding hydrogens is 410 g/mol. The van der Waals surface area contributed by atoms with Gasteiger partial charge in [0.2, 0.25) is 0 Å². The minimum Gasteiger partial charge on any atom is -0.497 e. The number of hydrogen-bond acceptors (Lipinski definition) is 6. The van der Waals surface area contributed by atoms with E-state index in [0.717, 1.165) is 28.3 Å². The van der Waals surface area contributed by atoms with Crippen LogP contribution in [0.15, 0.2) is 70.4 Å². The Kier molecular flexibility index (Phi) is 8.00. The fourth-order valence-corrected chi connectivity index (χ4v) is 3.65. The van der Waals surface area contributed by atoms with Gasteiger partial charge in [-0.15, -0.1) is 10.2 Å². The largest absolute Gasteiger partial charge is 0.497 e. The van der Waals surface area contributed by atoms with Crippen molar-refractivity contribution in [1.29, 1.82) is 0 Å². The number of carbonyl (C=O) groups is 1. The maximum atomic E-state index is 12.2. The average Bonchev–Trinajstić information content (AvgIpc) is 3.21. The Morgan fingerprint density at radius 1 is 1.16 bits per heavy atom. The van der Waals surface area contributed by atoms with E-state index in [0.29, 0.717) is 11.7 Å². The number of aromatic nitrogens is 3. The third kappa shape index (κ3) is 6.29. The molecule has 1 aromatic heterocycles. The first-order chi connectivity index (χ1) is 15.1. The van der Waals surface area contributed by atoms with Gasteiger partial charge in [0, 0.05) is 12.1 Å². The van der Waals surface area contributed by atoms with Gasteiger partial charge in [0.1, 0.15) is 5.75 Å².